The Morgan fingerprint density at radius 2 is 2.05 bits per heavy atom. The lowest BCUT2D eigenvalue weighted by Gasteiger charge is -2.42. The zero-order chi connectivity index (χ0) is 16.0. The van der Waals surface area contributed by atoms with Crippen LogP contribution in [0.1, 0.15) is 24.3 Å². The van der Waals surface area contributed by atoms with Crippen molar-refractivity contribution < 1.29 is 14.6 Å². The minimum Gasteiger partial charge on any atom is -0.469 e. The van der Waals surface area contributed by atoms with Gasteiger partial charge in [-0.2, -0.15) is 0 Å². The van der Waals surface area contributed by atoms with E-state index in [1.165, 1.54) is 7.11 Å². The van der Waals surface area contributed by atoms with E-state index >= 15 is 0 Å². The van der Waals surface area contributed by atoms with Gasteiger partial charge in [0.25, 0.3) is 0 Å². The normalized spacial score (nSPS) is 34.7. The van der Waals surface area contributed by atoms with E-state index in [9.17, 15) is 9.90 Å². The summed E-state index contributed by atoms with van der Waals surface area (Å²) in [7, 11) is 3.36. The summed E-state index contributed by atoms with van der Waals surface area (Å²) in [5, 5.41) is 11.3. The fraction of sp³-hybridized carbons (Fsp3) is 0.562. The highest BCUT2D eigenvalue weighted by Crippen LogP contribution is 2.47. The van der Waals surface area contributed by atoms with E-state index in [1.54, 1.807) is 6.07 Å². The lowest BCUT2D eigenvalue weighted by molar-refractivity contribution is -0.151. The molecule has 0 radical (unpaired) electrons. The van der Waals surface area contributed by atoms with Crippen LogP contribution >= 0.6 is 23.2 Å². The molecule has 2 heterocycles. The summed E-state index contributed by atoms with van der Waals surface area (Å²) in [4.78, 5) is 14.5. The highest BCUT2D eigenvalue weighted by atomic mass is 35.5. The number of benzene rings is 1. The molecule has 0 saturated carbocycles. The van der Waals surface area contributed by atoms with Gasteiger partial charge in [0, 0.05) is 18.0 Å². The van der Waals surface area contributed by atoms with Gasteiger partial charge in [-0.1, -0.05) is 29.3 Å². The number of carbonyl (C=O) groups excluding carboxylic acids is 1. The SMILES string of the molecule is COC(=O)[C@@H]1[C@@H]2[C@H](O)CC(C[C@H]1c1ccc(Cl)c(Cl)c1)N2C. The summed E-state index contributed by atoms with van der Waals surface area (Å²) >= 11 is 12.1. The Bertz CT molecular complexity index is 595. The topological polar surface area (TPSA) is 49.8 Å². The molecule has 0 aromatic heterocycles. The molecule has 6 heteroatoms. The van der Waals surface area contributed by atoms with Gasteiger partial charge in [-0.3, -0.25) is 9.69 Å². The van der Waals surface area contributed by atoms with Gasteiger partial charge in [0.2, 0.25) is 0 Å². The van der Waals surface area contributed by atoms with Crippen molar-refractivity contribution in [2.45, 2.75) is 36.9 Å². The summed E-state index contributed by atoms with van der Waals surface area (Å²) in [5.41, 5.74) is 0.974. The van der Waals surface area contributed by atoms with Crippen LogP contribution in [0.25, 0.3) is 0 Å². The highest BCUT2D eigenvalue weighted by molar-refractivity contribution is 6.42. The van der Waals surface area contributed by atoms with Gasteiger partial charge < -0.3 is 9.84 Å². The van der Waals surface area contributed by atoms with Crippen LogP contribution in [0.3, 0.4) is 0 Å². The van der Waals surface area contributed by atoms with E-state index in [2.05, 4.69) is 4.90 Å². The van der Waals surface area contributed by atoms with Crippen LogP contribution in [0, 0.1) is 5.92 Å². The first kappa shape index (κ1) is 16.1. The molecule has 1 N–H and O–H groups in total. The predicted octanol–water partition coefficient (Wildman–Crippen LogP) is 2.70. The number of fused-ring (bicyclic) bond motifs is 2. The molecule has 2 bridgehead atoms. The number of nitrogens with zero attached hydrogens (tertiary/aromatic N) is 1. The van der Waals surface area contributed by atoms with Gasteiger partial charge in [0.05, 0.1) is 29.2 Å². The van der Waals surface area contributed by atoms with E-state index < -0.39 is 12.0 Å². The molecule has 0 aliphatic carbocycles. The number of hydrogen-bond acceptors (Lipinski definition) is 4. The second kappa shape index (κ2) is 6.00. The summed E-state index contributed by atoms with van der Waals surface area (Å²) < 4.78 is 5.01. The number of hydrogen-bond donors (Lipinski definition) is 1. The number of aliphatic hydroxyl groups excluding tert-OH is 1. The number of likely N-dealkylation sites (N-methyl/N-ethyl adjacent to an activating group) is 1. The van der Waals surface area contributed by atoms with Gasteiger partial charge in [-0.15, -0.1) is 0 Å². The van der Waals surface area contributed by atoms with Gasteiger partial charge in [0.15, 0.2) is 0 Å². The Balaban J connectivity index is 2.01. The maximum absolute atomic E-state index is 12.4. The van der Waals surface area contributed by atoms with Crippen LogP contribution < -0.4 is 0 Å². The van der Waals surface area contributed by atoms with Gasteiger partial charge >= 0.3 is 5.97 Å². The van der Waals surface area contributed by atoms with E-state index in [0.717, 1.165) is 12.0 Å². The van der Waals surface area contributed by atoms with Gasteiger partial charge in [-0.25, -0.2) is 0 Å². The van der Waals surface area contributed by atoms with Crippen molar-refractivity contribution in [1.82, 2.24) is 4.90 Å². The second-order valence-electron chi connectivity index (χ2n) is 6.18. The summed E-state index contributed by atoms with van der Waals surface area (Å²) in [6.45, 7) is 0. The molecule has 2 fully saturated rings. The smallest absolute Gasteiger partial charge is 0.310 e. The summed E-state index contributed by atoms with van der Waals surface area (Å²) in [6.07, 6.45) is 0.973. The van der Waals surface area contributed by atoms with E-state index in [0.29, 0.717) is 16.5 Å². The second-order valence-corrected chi connectivity index (χ2v) is 6.99. The molecule has 1 aromatic carbocycles. The molecular formula is C16H19Cl2NO3. The third-order valence-corrected chi connectivity index (χ3v) is 5.87. The number of methoxy groups -OCH3 is 1. The summed E-state index contributed by atoms with van der Waals surface area (Å²) in [5.74, 6) is -0.709. The highest BCUT2D eigenvalue weighted by Gasteiger charge is 2.53. The number of piperidine rings is 1. The van der Waals surface area contributed by atoms with E-state index in [-0.39, 0.29) is 24.0 Å². The first-order valence-electron chi connectivity index (χ1n) is 7.36. The third kappa shape index (κ3) is 2.52. The van der Waals surface area contributed by atoms with Gasteiger partial charge in [0.1, 0.15) is 0 Å². The number of carbonyl (C=O) groups is 1. The minimum absolute atomic E-state index is 0.0226. The molecule has 2 aliphatic heterocycles. The maximum Gasteiger partial charge on any atom is 0.310 e. The number of esters is 1. The number of halogens is 2. The first-order chi connectivity index (χ1) is 10.4. The Labute approximate surface area is 140 Å². The van der Waals surface area contributed by atoms with Crippen LogP contribution in [0.5, 0.6) is 0 Å². The van der Waals surface area contributed by atoms with Gasteiger partial charge in [-0.05, 0) is 37.6 Å². The molecule has 0 spiro atoms. The zero-order valence-corrected chi connectivity index (χ0v) is 14.0. The quantitative estimate of drug-likeness (QED) is 0.838. The molecule has 0 amide bonds. The molecule has 3 rings (SSSR count). The van der Waals surface area contributed by atoms with Crippen LogP contribution in [0.15, 0.2) is 18.2 Å². The van der Waals surface area contributed by atoms with Crippen molar-refractivity contribution in [2.75, 3.05) is 14.2 Å². The van der Waals surface area contributed by atoms with E-state index in [1.807, 2.05) is 19.2 Å². The molecule has 2 aliphatic rings. The fourth-order valence-electron chi connectivity index (χ4n) is 4.06. The summed E-state index contributed by atoms with van der Waals surface area (Å²) in [6, 6.07) is 5.53. The Morgan fingerprint density at radius 3 is 2.68 bits per heavy atom. The standard InChI is InChI=1S/C16H19Cl2NO3/c1-19-9-6-10(8-3-4-11(17)12(18)5-8)14(16(21)22-2)15(19)13(20)7-9/h3-5,9-10,13-15,20H,6-7H2,1-2H3/t9?,10-,13+,14-,15-/m0/s1. The minimum atomic E-state index is -0.508. The van der Waals surface area contributed by atoms with Crippen LogP contribution in [-0.2, 0) is 9.53 Å². The fourth-order valence-corrected chi connectivity index (χ4v) is 4.36. The van der Waals surface area contributed by atoms with Crippen LogP contribution in [0.2, 0.25) is 10.0 Å². The molecular weight excluding hydrogens is 325 g/mol. The molecule has 2 saturated heterocycles. The molecule has 22 heavy (non-hydrogen) atoms. The van der Waals surface area contributed by atoms with Crippen LogP contribution in [-0.4, -0.2) is 48.3 Å². The van der Waals surface area contributed by atoms with Crippen molar-refractivity contribution in [1.29, 1.82) is 0 Å². The van der Waals surface area contributed by atoms with Crippen LogP contribution in [0.4, 0.5) is 0 Å². The van der Waals surface area contributed by atoms with Crippen molar-refractivity contribution in [3.63, 3.8) is 0 Å². The molecule has 1 unspecified atom stereocenters. The van der Waals surface area contributed by atoms with Crippen molar-refractivity contribution >= 4 is 29.2 Å². The monoisotopic (exact) mass is 343 g/mol. The largest absolute Gasteiger partial charge is 0.469 e. The average molecular weight is 344 g/mol. The van der Waals surface area contributed by atoms with E-state index in [4.69, 9.17) is 27.9 Å². The number of aliphatic hydroxyl groups is 1. The number of ether oxygens (including phenoxy) is 1. The van der Waals surface area contributed by atoms with Crippen molar-refractivity contribution in [2.24, 2.45) is 5.92 Å². The Kier molecular flexibility index (Phi) is 4.38. The van der Waals surface area contributed by atoms with Crippen molar-refractivity contribution in [3.05, 3.63) is 33.8 Å². The first-order valence-corrected chi connectivity index (χ1v) is 8.12. The van der Waals surface area contributed by atoms with Crippen molar-refractivity contribution in [3.8, 4) is 0 Å². The average Bonchev–Trinajstić information content (AvgIpc) is 2.68. The predicted molar refractivity (Wildman–Crippen MR) is 85.3 cm³/mol. The maximum atomic E-state index is 12.4. The molecule has 4 nitrogen and oxygen atoms in total. The molecule has 1 aromatic rings. The Morgan fingerprint density at radius 1 is 1.32 bits per heavy atom. The molecule has 5 atom stereocenters. The third-order valence-electron chi connectivity index (χ3n) is 5.13. The lowest BCUT2D eigenvalue weighted by Crippen LogP contribution is -2.51. The zero-order valence-electron chi connectivity index (χ0n) is 12.5. The molecule has 120 valence electrons. The Hall–Kier alpha value is -0.810. The lowest BCUT2D eigenvalue weighted by atomic mass is 9.76. The number of rotatable bonds is 2.